The largest absolute Gasteiger partial charge is 0.466 e. The number of rotatable bonds is 4. The van der Waals surface area contributed by atoms with Gasteiger partial charge in [0.15, 0.2) is 0 Å². The Kier molecular flexibility index (Phi) is 5.68. The smallest absolute Gasteiger partial charge is 0.359 e. The lowest BCUT2D eigenvalue weighted by atomic mass is 9.48. The molecule has 29 heavy (non-hydrogen) atoms. The molecule has 4 heteroatoms. The summed E-state index contributed by atoms with van der Waals surface area (Å²) in [6, 6.07) is 9.37. The summed E-state index contributed by atoms with van der Waals surface area (Å²) in [5.74, 6) is -0.607. The van der Waals surface area contributed by atoms with Gasteiger partial charge in [0.25, 0.3) is 5.60 Å². The van der Waals surface area contributed by atoms with E-state index in [4.69, 9.17) is 9.47 Å². The number of hydrogen-bond donors (Lipinski definition) is 0. The van der Waals surface area contributed by atoms with Gasteiger partial charge in [0, 0.05) is 12.5 Å². The van der Waals surface area contributed by atoms with Crippen LogP contribution in [0.3, 0.4) is 0 Å². The molecular formula is C25H34O4. The van der Waals surface area contributed by atoms with E-state index in [1.54, 1.807) is 0 Å². The maximum Gasteiger partial charge on any atom is 0.359 e. The maximum absolute atomic E-state index is 13.5. The Balaban J connectivity index is 2.34. The monoisotopic (exact) mass is 398 g/mol. The number of carbonyl (C=O) groups excluding carboxylic acids is 2. The van der Waals surface area contributed by atoms with Crippen LogP contribution in [0.5, 0.6) is 0 Å². The number of fused-ring (bicyclic) bond motifs is 1. The standard InChI is InChI=1S/C25H34O4/c1-17-13-14-20-23(3,4)15-10-16-24(20,5)21(17)25(22(27)28-6,29-18(2)26)19-11-8-7-9-12-19/h7-9,11-12,20H,10,13-16H2,1-6H3/t20?,24?,25-/m0/s1. The summed E-state index contributed by atoms with van der Waals surface area (Å²) in [5, 5.41) is 0. The second-order valence-electron chi connectivity index (χ2n) is 9.64. The Morgan fingerprint density at radius 3 is 2.34 bits per heavy atom. The van der Waals surface area contributed by atoms with E-state index < -0.39 is 17.5 Å². The molecule has 0 amide bonds. The summed E-state index contributed by atoms with van der Waals surface area (Å²) in [5.41, 5.74) is 1.09. The molecule has 1 aromatic rings. The van der Waals surface area contributed by atoms with Crippen molar-refractivity contribution in [3.8, 4) is 0 Å². The van der Waals surface area contributed by atoms with Crippen LogP contribution in [0.1, 0.15) is 72.3 Å². The molecule has 1 saturated carbocycles. The van der Waals surface area contributed by atoms with Crippen molar-refractivity contribution in [2.24, 2.45) is 16.7 Å². The lowest BCUT2D eigenvalue weighted by Gasteiger charge is -2.57. The molecule has 1 fully saturated rings. The van der Waals surface area contributed by atoms with Crippen molar-refractivity contribution in [1.82, 2.24) is 0 Å². The van der Waals surface area contributed by atoms with Crippen LogP contribution in [0, 0.1) is 16.7 Å². The fourth-order valence-electron chi connectivity index (χ4n) is 6.35. The second-order valence-corrected chi connectivity index (χ2v) is 9.64. The van der Waals surface area contributed by atoms with Crippen molar-refractivity contribution in [2.75, 3.05) is 7.11 Å². The van der Waals surface area contributed by atoms with Gasteiger partial charge in [-0.05, 0) is 54.9 Å². The Morgan fingerprint density at radius 1 is 1.10 bits per heavy atom. The minimum absolute atomic E-state index is 0.160. The maximum atomic E-state index is 13.5. The van der Waals surface area contributed by atoms with E-state index in [2.05, 4.69) is 27.7 Å². The van der Waals surface area contributed by atoms with Gasteiger partial charge in [0.1, 0.15) is 0 Å². The fraction of sp³-hybridized carbons (Fsp3) is 0.600. The summed E-state index contributed by atoms with van der Waals surface area (Å²) in [6.07, 6.45) is 5.21. The number of ether oxygens (including phenoxy) is 2. The highest BCUT2D eigenvalue weighted by atomic mass is 16.6. The molecule has 1 aromatic carbocycles. The SMILES string of the molecule is COC(=O)[C@@](OC(C)=O)(C1=C(C)CCC2C(C)(C)CCCC12C)c1ccccc1. The van der Waals surface area contributed by atoms with Crippen molar-refractivity contribution >= 4 is 11.9 Å². The molecule has 158 valence electrons. The van der Waals surface area contributed by atoms with Crippen molar-refractivity contribution in [3.05, 3.63) is 47.0 Å². The zero-order chi connectivity index (χ0) is 21.4. The first-order valence-electron chi connectivity index (χ1n) is 10.6. The average molecular weight is 399 g/mol. The van der Waals surface area contributed by atoms with Gasteiger partial charge in [0.05, 0.1) is 7.11 Å². The molecule has 0 N–H and O–H groups in total. The van der Waals surface area contributed by atoms with E-state index in [1.807, 2.05) is 30.3 Å². The Morgan fingerprint density at radius 2 is 1.76 bits per heavy atom. The Bertz CT molecular complexity index is 822. The van der Waals surface area contributed by atoms with E-state index in [1.165, 1.54) is 20.5 Å². The average Bonchev–Trinajstić information content (AvgIpc) is 2.65. The molecule has 0 aliphatic heterocycles. The van der Waals surface area contributed by atoms with E-state index in [0.29, 0.717) is 11.5 Å². The van der Waals surface area contributed by atoms with Gasteiger partial charge in [-0.3, -0.25) is 4.79 Å². The minimum Gasteiger partial charge on any atom is -0.466 e. The molecule has 0 spiro atoms. The lowest BCUT2D eigenvalue weighted by molar-refractivity contribution is -0.180. The van der Waals surface area contributed by atoms with Crippen molar-refractivity contribution < 1.29 is 19.1 Å². The number of benzene rings is 1. The first-order valence-corrected chi connectivity index (χ1v) is 10.6. The molecule has 2 aliphatic rings. The third-order valence-corrected chi connectivity index (χ3v) is 7.34. The van der Waals surface area contributed by atoms with E-state index in [0.717, 1.165) is 36.8 Å². The molecule has 4 nitrogen and oxygen atoms in total. The van der Waals surface area contributed by atoms with E-state index in [-0.39, 0.29) is 10.8 Å². The van der Waals surface area contributed by atoms with Crippen LogP contribution in [0.4, 0.5) is 0 Å². The molecule has 0 radical (unpaired) electrons. The molecule has 2 aliphatic carbocycles. The minimum atomic E-state index is -1.55. The van der Waals surface area contributed by atoms with Crippen LogP contribution in [-0.4, -0.2) is 19.0 Å². The molecule has 3 rings (SSSR count). The summed E-state index contributed by atoms with van der Waals surface area (Å²) in [4.78, 5) is 25.8. The molecule has 0 bridgehead atoms. The normalized spacial score (nSPS) is 28.1. The van der Waals surface area contributed by atoms with Gasteiger partial charge in [-0.1, -0.05) is 63.1 Å². The molecule has 3 atom stereocenters. The third-order valence-electron chi connectivity index (χ3n) is 7.34. The molecule has 0 saturated heterocycles. The van der Waals surface area contributed by atoms with Crippen LogP contribution < -0.4 is 0 Å². The summed E-state index contributed by atoms with van der Waals surface area (Å²) in [7, 11) is 1.37. The number of esters is 2. The first kappa shape index (κ1) is 21.6. The summed E-state index contributed by atoms with van der Waals surface area (Å²) < 4.78 is 11.3. The predicted molar refractivity (Wildman–Crippen MR) is 113 cm³/mol. The van der Waals surface area contributed by atoms with Crippen LogP contribution in [0.25, 0.3) is 0 Å². The molecular weight excluding hydrogens is 364 g/mol. The predicted octanol–water partition coefficient (Wildman–Crippen LogP) is 5.56. The van der Waals surface area contributed by atoms with Gasteiger partial charge in [0.2, 0.25) is 0 Å². The van der Waals surface area contributed by atoms with Crippen molar-refractivity contribution in [2.45, 2.75) is 72.3 Å². The quantitative estimate of drug-likeness (QED) is 0.492. The number of carbonyl (C=O) groups is 2. The van der Waals surface area contributed by atoms with Gasteiger partial charge >= 0.3 is 11.9 Å². The summed E-state index contributed by atoms with van der Waals surface area (Å²) >= 11 is 0. The molecule has 0 aromatic heterocycles. The molecule has 2 unspecified atom stereocenters. The topological polar surface area (TPSA) is 52.6 Å². The molecule has 0 heterocycles. The zero-order valence-electron chi connectivity index (χ0n) is 18.6. The van der Waals surface area contributed by atoms with Gasteiger partial charge in [-0.2, -0.15) is 0 Å². The number of allylic oxidation sites excluding steroid dienone is 1. The van der Waals surface area contributed by atoms with Crippen molar-refractivity contribution in [1.29, 1.82) is 0 Å². The second kappa shape index (κ2) is 7.62. The van der Waals surface area contributed by atoms with Gasteiger partial charge in [-0.15, -0.1) is 0 Å². The van der Waals surface area contributed by atoms with E-state index >= 15 is 0 Å². The highest BCUT2D eigenvalue weighted by Crippen LogP contribution is 2.63. The van der Waals surface area contributed by atoms with Crippen LogP contribution in [0.2, 0.25) is 0 Å². The lowest BCUT2D eigenvalue weighted by Crippen LogP contribution is -2.54. The van der Waals surface area contributed by atoms with Crippen LogP contribution in [-0.2, 0) is 24.7 Å². The first-order chi connectivity index (χ1) is 13.6. The highest BCUT2D eigenvalue weighted by Gasteiger charge is 2.60. The van der Waals surface area contributed by atoms with Crippen LogP contribution >= 0.6 is 0 Å². The number of hydrogen-bond acceptors (Lipinski definition) is 4. The zero-order valence-corrected chi connectivity index (χ0v) is 18.6. The Hall–Kier alpha value is -2.10. The number of methoxy groups -OCH3 is 1. The van der Waals surface area contributed by atoms with Gasteiger partial charge in [-0.25, -0.2) is 4.79 Å². The van der Waals surface area contributed by atoms with Gasteiger partial charge < -0.3 is 9.47 Å². The Labute approximate surface area is 174 Å². The highest BCUT2D eigenvalue weighted by molar-refractivity contribution is 5.89. The summed E-state index contributed by atoms with van der Waals surface area (Å²) in [6.45, 7) is 10.4. The van der Waals surface area contributed by atoms with Crippen molar-refractivity contribution in [3.63, 3.8) is 0 Å². The fourth-order valence-corrected chi connectivity index (χ4v) is 6.35. The van der Waals surface area contributed by atoms with Crippen LogP contribution in [0.15, 0.2) is 41.5 Å². The third kappa shape index (κ3) is 3.41. The van der Waals surface area contributed by atoms with E-state index in [9.17, 15) is 9.59 Å².